The van der Waals surface area contributed by atoms with Crippen LogP contribution in [0, 0.1) is 6.92 Å². The van der Waals surface area contributed by atoms with Crippen molar-refractivity contribution in [3.63, 3.8) is 0 Å². The summed E-state index contributed by atoms with van der Waals surface area (Å²) < 4.78 is 27.5. The van der Waals surface area contributed by atoms with Gasteiger partial charge in [0.05, 0.1) is 4.90 Å². The molecule has 1 heterocycles. The molecule has 0 N–H and O–H groups in total. The van der Waals surface area contributed by atoms with Gasteiger partial charge in [-0.15, -0.1) is 0 Å². The van der Waals surface area contributed by atoms with Crippen molar-refractivity contribution >= 4 is 37.6 Å². The van der Waals surface area contributed by atoms with Crippen LogP contribution in [-0.4, -0.2) is 50.3 Å². The molecular formula is C13H18BrClN2O2S. The van der Waals surface area contributed by atoms with E-state index >= 15 is 0 Å². The van der Waals surface area contributed by atoms with E-state index in [0.717, 1.165) is 25.2 Å². The number of sulfonamides is 1. The fourth-order valence-electron chi connectivity index (χ4n) is 2.25. The molecule has 1 aliphatic heterocycles. The Morgan fingerprint density at radius 2 is 1.85 bits per heavy atom. The second-order valence-corrected chi connectivity index (χ2v) is 8.04. The lowest BCUT2D eigenvalue weighted by atomic mass is 10.2. The van der Waals surface area contributed by atoms with Gasteiger partial charge in [-0.2, -0.15) is 4.31 Å². The van der Waals surface area contributed by atoms with E-state index in [4.69, 9.17) is 11.6 Å². The van der Waals surface area contributed by atoms with Gasteiger partial charge in [-0.05, 0) is 47.1 Å². The van der Waals surface area contributed by atoms with Crippen LogP contribution in [0.1, 0.15) is 12.5 Å². The van der Waals surface area contributed by atoms with E-state index in [1.807, 2.05) is 6.92 Å². The number of rotatable bonds is 3. The zero-order valence-corrected chi connectivity index (χ0v) is 14.7. The molecule has 0 saturated carbocycles. The van der Waals surface area contributed by atoms with Gasteiger partial charge in [-0.1, -0.05) is 18.5 Å². The molecule has 0 aliphatic carbocycles. The third-order valence-corrected chi connectivity index (χ3v) is 6.87. The minimum Gasteiger partial charge on any atom is -0.301 e. The molecule has 2 rings (SSSR count). The second kappa shape index (κ2) is 6.32. The summed E-state index contributed by atoms with van der Waals surface area (Å²) in [7, 11) is -3.49. The number of hydrogen-bond acceptors (Lipinski definition) is 3. The van der Waals surface area contributed by atoms with Gasteiger partial charge >= 0.3 is 0 Å². The monoisotopic (exact) mass is 380 g/mol. The standard InChI is InChI=1S/C13H18BrClN2O2S/c1-3-16-4-6-17(7-5-16)20(18,19)13-9-12(15)10(2)8-11(13)14/h8-9H,3-7H2,1-2H3. The largest absolute Gasteiger partial charge is 0.301 e. The fourth-order valence-corrected chi connectivity index (χ4v) is 5.05. The van der Waals surface area contributed by atoms with E-state index in [9.17, 15) is 8.42 Å². The molecule has 112 valence electrons. The van der Waals surface area contributed by atoms with Crippen molar-refractivity contribution in [3.8, 4) is 0 Å². The predicted molar refractivity (Wildman–Crippen MR) is 84.8 cm³/mol. The van der Waals surface area contributed by atoms with Crippen molar-refractivity contribution in [1.29, 1.82) is 0 Å². The van der Waals surface area contributed by atoms with Crippen LogP contribution in [0.25, 0.3) is 0 Å². The first-order chi connectivity index (χ1) is 9.36. The molecule has 0 unspecified atom stereocenters. The first-order valence-corrected chi connectivity index (χ1v) is 9.15. The predicted octanol–water partition coefficient (Wildman–Crippen LogP) is 2.74. The smallest absolute Gasteiger partial charge is 0.244 e. The van der Waals surface area contributed by atoms with Gasteiger partial charge in [0.15, 0.2) is 0 Å². The lowest BCUT2D eigenvalue weighted by Crippen LogP contribution is -2.48. The highest BCUT2D eigenvalue weighted by atomic mass is 79.9. The van der Waals surface area contributed by atoms with Crippen LogP contribution in [0.15, 0.2) is 21.5 Å². The highest BCUT2D eigenvalue weighted by molar-refractivity contribution is 9.10. The van der Waals surface area contributed by atoms with E-state index < -0.39 is 10.0 Å². The average molecular weight is 382 g/mol. The summed E-state index contributed by atoms with van der Waals surface area (Å²) in [5, 5.41) is 0.471. The van der Waals surface area contributed by atoms with Crippen molar-refractivity contribution in [3.05, 3.63) is 27.2 Å². The number of benzene rings is 1. The first kappa shape index (κ1) is 16.2. The Kier molecular flexibility index (Phi) is 5.13. The highest BCUT2D eigenvalue weighted by Gasteiger charge is 2.30. The summed E-state index contributed by atoms with van der Waals surface area (Å²) >= 11 is 9.40. The summed E-state index contributed by atoms with van der Waals surface area (Å²) in [5.74, 6) is 0. The van der Waals surface area contributed by atoms with Crippen LogP contribution >= 0.6 is 27.5 Å². The summed E-state index contributed by atoms with van der Waals surface area (Å²) in [6.07, 6.45) is 0. The van der Waals surface area contributed by atoms with Crippen LogP contribution in [0.3, 0.4) is 0 Å². The van der Waals surface area contributed by atoms with Crippen LogP contribution in [-0.2, 0) is 10.0 Å². The molecule has 0 bridgehead atoms. The number of nitrogens with zero attached hydrogens (tertiary/aromatic N) is 2. The zero-order chi connectivity index (χ0) is 14.9. The summed E-state index contributed by atoms with van der Waals surface area (Å²) in [4.78, 5) is 2.49. The van der Waals surface area contributed by atoms with E-state index in [1.54, 1.807) is 6.07 Å². The summed E-state index contributed by atoms with van der Waals surface area (Å²) in [6, 6.07) is 3.28. The number of halogens is 2. The number of aryl methyl sites for hydroxylation is 1. The molecule has 4 nitrogen and oxygen atoms in total. The van der Waals surface area contributed by atoms with Crippen LogP contribution in [0.5, 0.6) is 0 Å². The molecular weight excluding hydrogens is 364 g/mol. The third-order valence-electron chi connectivity index (χ3n) is 3.61. The molecule has 1 aromatic carbocycles. The van der Waals surface area contributed by atoms with E-state index in [-0.39, 0.29) is 4.90 Å². The Balaban J connectivity index is 2.30. The molecule has 1 saturated heterocycles. The maximum absolute atomic E-state index is 12.7. The van der Waals surface area contributed by atoms with E-state index in [2.05, 4.69) is 27.8 Å². The molecule has 0 aromatic heterocycles. The molecule has 0 atom stereocenters. The summed E-state index contributed by atoms with van der Waals surface area (Å²) in [5.41, 5.74) is 0.855. The lowest BCUT2D eigenvalue weighted by molar-refractivity contribution is 0.196. The van der Waals surface area contributed by atoms with Gasteiger partial charge in [0.1, 0.15) is 0 Å². The highest BCUT2D eigenvalue weighted by Crippen LogP contribution is 2.30. The number of hydrogen-bond donors (Lipinski definition) is 0. The first-order valence-electron chi connectivity index (χ1n) is 6.54. The fraction of sp³-hybridized carbons (Fsp3) is 0.538. The maximum atomic E-state index is 12.7. The van der Waals surface area contributed by atoms with E-state index in [1.165, 1.54) is 10.4 Å². The number of piperazine rings is 1. The van der Waals surface area contributed by atoms with Crippen LogP contribution in [0.2, 0.25) is 5.02 Å². The Hall–Kier alpha value is -0.140. The quantitative estimate of drug-likeness (QED) is 0.808. The SMILES string of the molecule is CCN1CCN(S(=O)(=O)c2cc(Cl)c(C)cc2Br)CC1. The Morgan fingerprint density at radius 3 is 2.40 bits per heavy atom. The second-order valence-electron chi connectivity index (χ2n) is 4.87. The van der Waals surface area contributed by atoms with Gasteiger partial charge in [0.25, 0.3) is 0 Å². The molecule has 1 fully saturated rings. The van der Waals surface area contributed by atoms with Crippen molar-refractivity contribution < 1.29 is 8.42 Å². The minimum absolute atomic E-state index is 0.248. The normalized spacial score (nSPS) is 18.4. The third kappa shape index (κ3) is 3.20. The van der Waals surface area contributed by atoms with Gasteiger partial charge in [-0.25, -0.2) is 8.42 Å². The zero-order valence-electron chi connectivity index (χ0n) is 11.6. The molecule has 0 radical (unpaired) electrons. The Labute approximate surface area is 133 Å². The molecule has 1 aromatic rings. The van der Waals surface area contributed by atoms with Gasteiger partial charge in [0.2, 0.25) is 10.0 Å². The van der Waals surface area contributed by atoms with Gasteiger partial charge in [-0.3, -0.25) is 0 Å². The van der Waals surface area contributed by atoms with E-state index in [0.29, 0.717) is 22.6 Å². The Morgan fingerprint density at radius 1 is 1.25 bits per heavy atom. The minimum atomic E-state index is -3.49. The van der Waals surface area contributed by atoms with Crippen LogP contribution in [0.4, 0.5) is 0 Å². The van der Waals surface area contributed by atoms with Crippen molar-refractivity contribution in [1.82, 2.24) is 9.21 Å². The molecule has 0 amide bonds. The molecule has 20 heavy (non-hydrogen) atoms. The molecule has 1 aliphatic rings. The molecule has 0 spiro atoms. The summed E-state index contributed by atoms with van der Waals surface area (Å²) in [6.45, 7) is 7.47. The number of likely N-dealkylation sites (N-methyl/N-ethyl adjacent to an activating group) is 1. The van der Waals surface area contributed by atoms with Crippen molar-refractivity contribution in [2.75, 3.05) is 32.7 Å². The van der Waals surface area contributed by atoms with Crippen LogP contribution < -0.4 is 0 Å². The van der Waals surface area contributed by atoms with Crippen molar-refractivity contribution in [2.24, 2.45) is 0 Å². The van der Waals surface area contributed by atoms with Crippen molar-refractivity contribution in [2.45, 2.75) is 18.7 Å². The Bertz CT molecular complexity index is 599. The van der Waals surface area contributed by atoms with Gasteiger partial charge < -0.3 is 4.90 Å². The maximum Gasteiger partial charge on any atom is 0.244 e. The van der Waals surface area contributed by atoms with Gasteiger partial charge in [0, 0.05) is 35.7 Å². The average Bonchev–Trinajstić information content (AvgIpc) is 2.42. The lowest BCUT2D eigenvalue weighted by Gasteiger charge is -2.33. The molecule has 7 heteroatoms. The topological polar surface area (TPSA) is 40.6 Å².